The van der Waals surface area contributed by atoms with E-state index < -0.39 is 12.2 Å². The quantitative estimate of drug-likeness (QED) is 0.368. The molecule has 1 aliphatic rings. The van der Waals surface area contributed by atoms with Crippen molar-refractivity contribution < 1.29 is 13.9 Å². The van der Waals surface area contributed by atoms with E-state index in [9.17, 15) is 14.4 Å². The van der Waals surface area contributed by atoms with Crippen LogP contribution < -0.4 is 5.32 Å². The molecule has 8 heteroatoms. The lowest BCUT2D eigenvalue weighted by Crippen LogP contribution is -2.19. The number of pyridine rings is 1. The summed E-state index contributed by atoms with van der Waals surface area (Å²) in [6, 6.07) is 20.0. The van der Waals surface area contributed by atoms with Crippen LogP contribution in [0.5, 0.6) is 0 Å². The molecule has 1 aliphatic carbocycles. The van der Waals surface area contributed by atoms with Gasteiger partial charge in [-0.3, -0.25) is 10.3 Å². The summed E-state index contributed by atoms with van der Waals surface area (Å²) in [4.78, 5) is 17.0. The molecule has 5 rings (SSSR count). The molecule has 1 unspecified atom stereocenters. The first-order chi connectivity index (χ1) is 17.0. The smallest absolute Gasteiger partial charge is 0.413 e. The minimum atomic E-state index is -0.720. The van der Waals surface area contributed by atoms with Crippen molar-refractivity contribution in [3.8, 4) is 23.0 Å². The third-order valence-electron chi connectivity index (χ3n) is 5.97. The molecular formula is C27H22FN5O2. The summed E-state index contributed by atoms with van der Waals surface area (Å²) in [5.74, 6) is 0.321. The highest BCUT2D eigenvalue weighted by Gasteiger charge is 2.24. The molecule has 1 atom stereocenters. The molecule has 0 radical (unpaired) electrons. The lowest BCUT2D eigenvalue weighted by Gasteiger charge is -2.15. The molecule has 4 aromatic rings. The number of aromatic nitrogens is 3. The van der Waals surface area contributed by atoms with Crippen LogP contribution in [0.1, 0.15) is 48.5 Å². The van der Waals surface area contributed by atoms with Crippen molar-refractivity contribution in [1.29, 1.82) is 5.26 Å². The fourth-order valence-corrected chi connectivity index (χ4v) is 3.91. The average Bonchev–Trinajstić information content (AvgIpc) is 3.65. The number of ether oxygens (including phenoxy) is 1. The Labute approximate surface area is 201 Å². The number of nitrogens with zero attached hydrogens (tertiary/aromatic N) is 4. The van der Waals surface area contributed by atoms with E-state index in [0.717, 1.165) is 24.0 Å². The van der Waals surface area contributed by atoms with Gasteiger partial charge in [0.2, 0.25) is 0 Å². The van der Waals surface area contributed by atoms with Gasteiger partial charge in [0.1, 0.15) is 23.6 Å². The molecule has 2 aromatic heterocycles. The Morgan fingerprint density at radius 3 is 2.63 bits per heavy atom. The van der Waals surface area contributed by atoms with Crippen LogP contribution in [0.4, 0.5) is 15.0 Å². The van der Waals surface area contributed by atoms with Gasteiger partial charge in [0.25, 0.3) is 0 Å². The summed E-state index contributed by atoms with van der Waals surface area (Å²) >= 11 is 0. The summed E-state index contributed by atoms with van der Waals surface area (Å²) in [6.07, 6.45) is 3.87. The highest BCUT2D eigenvalue weighted by atomic mass is 19.1. The number of nitriles is 1. The predicted octanol–water partition coefficient (Wildman–Crippen LogP) is 6.13. The van der Waals surface area contributed by atoms with E-state index in [1.54, 1.807) is 31.2 Å². The van der Waals surface area contributed by atoms with E-state index in [1.807, 2.05) is 42.5 Å². The van der Waals surface area contributed by atoms with Gasteiger partial charge in [-0.2, -0.15) is 10.4 Å². The SMILES string of the molecule is CC(OC(=O)Nc1c(C#N)cnn1-c1ccc(-c2ccc(C3CC3)cc2F)nc1)c1ccccc1. The third kappa shape index (κ3) is 4.75. The minimum Gasteiger partial charge on any atom is -0.441 e. The fourth-order valence-electron chi connectivity index (χ4n) is 3.91. The second-order valence-corrected chi connectivity index (χ2v) is 8.43. The number of anilines is 1. The fraction of sp³-hybridized carbons (Fsp3) is 0.185. The third-order valence-corrected chi connectivity index (χ3v) is 5.97. The largest absolute Gasteiger partial charge is 0.441 e. The maximum Gasteiger partial charge on any atom is 0.413 e. The standard InChI is InChI=1S/C27H22FN5O2/c1-17(18-5-3-2-4-6-18)35-27(34)32-26-21(14-29)15-31-33(26)22-10-12-25(30-16-22)23-11-9-20(13-24(23)28)19-7-8-19/h2-6,9-13,15-17,19H,7-8H2,1H3,(H,32,34). The zero-order chi connectivity index (χ0) is 24.4. The average molecular weight is 468 g/mol. The van der Waals surface area contributed by atoms with Crippen LogP contribution in [0.15, 0.2) is 73.1 Å². The molecule has 2 heterocycles. The van der Waals surface area contributed by atoms with Crippen molar-refractivity contribution >= 4 is 11.9 Å². The molecular weight excluding hydrogens is 445 g/mol. The van der Waals surface area contributed by atoms with Crippen LogP contribution in [0.25, 0.3) is 16.9 Å². The van der Waals surface area contributed by atoms with Gasteiger partial charge < -0.3 is 4.74 Å². The van der Waals surface area contributed by atoms with Crippen LogP contribution in [-0.2, 0) is 4.74 Å². The first kappa shape index (κ1) is 22.3. The zero-order valence-electron chi connectivity index (χ0n) is 19.0. The van der Waals surface area contributed by atoms with Crippen LogP contribution >= 0.6 is 0 Å². The number of halogens is 1. The summed E-state index contributed by atoms with van der Waals surface area (Å²) in [5.41, 5.74) is 3.42. The lowest BCUT2D eigenvalue weighted by molar-refractivity contribution is 0.121. The van der Waals surface area contributed by atoms with Crippen molar-refractivity contribution in [1.82, 2.24) is 14.8 Å². The maximum atomic E-state index is 14.7. The number of carbonyl (C=O) groups excluding carboxylic acids is 1. The second kappa shape index (κ2) is 9.39. The Morgan fingerprint density at radius 1 is 1.17 bits per heavy atom. The van der Waals surface area contributed by atoms with Crippen molar-refractivity contribution in [3.05, 3.63) is 95.6 Å². The van der Waals surface area contributed by atoms with Gasteiger partial charge in [-0.25, -0.2) is 13.9 Å². The Morgan fingerprint density at radius 2 is 1.97 bits per heavy atom. The Hall–Kier alpha value is -4.51. The molecule has 1 amide bonds. The molecule has 2 aromatic carbocycles. The summed E-state index contributed by atoms with van der Waals surface area (Å²) in [7, 11) is 0. The molecule has 0 saturated heterocycles. The Kier molecular flexibility index (Phi) is 5.98. The number of hydrogen-bond donors (Lipinski definition) is 1. The first-order valence-electron chi connectivity index (χ1n) is 11.3. The molecule has 0 bridgehead atoms. The molecule has 0 aliphatic heterocycles. The number of hydrogen-bond acceptors (Lipinski definition) is 5. The lowest BCUT2D eigenvalue weighted by atomic mass is 10.0. The van der Waals surface area contributed by atoms with Crippen molar-refractivity contribution in [2.45, 2.75) is 31.8 Å². The van der Waals surface area contributed by atoms with Crippen LogP contribution in [0, 0.1) is 17.1 Å². The first-order valence-corrected chi connectivity index (χ1v) is 11.3. The molecule has 1 fully saturated rings. The van der Waals surface area contributed by atoms with Gasteiger partial charge >= 0.3 is 6.09 Å². The van der Waals surface area contributed by atoms with Gasteiger partial charge in [0.05, 0.1) is 23.8 Å². The zero-order valence-corrected chi connectivity index (χ0v) is 19.0. The van der Waals surface area contributed by atoms with E-state index >= 15 is 0 Å². The minimum absolute atomic E-state index is 0.160. The van der Waals surface area contributed by atoms with Gasteiger partial charge in [-0.1, -0.05) is 36.4 Å². The van der Waals surface area contributed by atoms with Crippen molar-refractivity contribution in [2.75, 3.05) is 5.32 Å². The Balaban J connectivity index is 1.35. The van der Waals surface area contributed by atoms with Crippen LogP contribution in [0.3, 0.4) is 0 Å². The van der Waals surface area contributed by atoms with Crippen LogP contribution in [-0.4, -0.2) is 20.9 Å². The summed E-state index contributed by atoms with van der Waals surface area (Å²) < 4.78 is 21.5. The van der Waals surface area contributed by atoms with E-state index in [4.69, 9.17) is 4.74 Å². The van der Waals surface area contributed by atoms with Gasteiger partial charge in [0, 0.05) is 5.56 Å². The van der Waals surface area contributed by atoms with E-state index in [0.29, 0.717) is 22.9 Å². The normalized spacial score (nSPS) is 13.6. The summed E-state index contributed by atoms with van der Waals surface area (Å²) in [6.45, 7) is 1.76. The highest BCUT2D eigenvalue weighted by Crippen LogP contribution is 2.41. The van der Waals surface area contributed by atoms with Gasteiger partial charge in [0.15, 0.2) is 5.82 Å². The maximum absolute atomic E-state index is 14.7. The number of nitrogens with one attached hydrogen (secondary N) is 1. The topological polar surface area (TPSA) is 92.8 Å². The number of amides is 1. The van der Waals surface area contributed by atoms with Crippen molar-refractivity contribution in [3.63, 3.8) is 0 Å². The second-order valence-electron chi connectivity index (χ2n) is 8.43. The molecule has 0 spiro atoms. The van der Waals surface area contributed by atoms with E-state index in [2.05, 4.69) is 15.4 Å². The Bertz CT molecular complexity index is 1410. The molecule has 7 nitrogen and oxygen atoms in total. The molecule has 174 valence electrons. The van der Waals surface area contributed by atoms with E-state index in [1.165, 1.54) is 17.1 Å². The number of benzene rings is 2. The monoisotopic (exact) mass is 467 g/mol. The summed E-state index contributed by atoms with van der Waals surface area (Å²) in [5, 5.41) is 16.3. The van der Waals surface area contributed by atoms with Crippen LogP contribution in [0.2, 0.25) is 0 Å². The highest BCUT2D eigenvalue weighted by molar-refractivity contribution is 5.86. The number of rotatable bonds is 6. The molecule has 35 heavy (non-hydrogen) atoms. The predicted molar refractivity (Wildman–Crippen MR) is 128 cm³/mol. The molecule has 1 N–H and O–H groups in total. The van der Waals surface area contributed by atoms with Gasteiger partial charge in [-0.15, -0.1) is 0 Å². The van der Waals surface area contributed by atoms with Gasteiger partial charge in [-0.05, 0) is 61.1 Å². The number of carbonyl (C=O) groups is 1. The molecule has 1 saturated carbocycles. The van der Waals surface area contributed by atoms with Crippen molar-refractivity contribution in [2.24, 2.45) is 0 Å². The van der Waals surface area contributed by atoms with E-state index in [-0.39, 0.29) is 17.2 Å².